The van der Waals surface area contributed by atoms with Gasteiger partial charge in [-0.2, -0.15) is 0 Å². The van der Waals surface area contributed by atoms with Crippen molar-refractivity contribution >= 4 is 35.6 Å². The molecular weight excluding hydrogens is 412 g/mol. The highest BCUT2D eigenvalue weighted by molar-refractivity contribution is 5.95. The van der Waals surface area contributed by atoms with Crippen LogP contribution in [0.3, 0.4) is 0 Å². The summed E-state index contributed by atoms with van der Waals surface area (Å²) in [5.41, 5.74) is 21.5. The van der Waals surface area contributed by atoms with Gasteiger partial charge in [-0.15, -0.1) is 0 Å². The molecule has 3 unspecified atom stereocenters. The molecule has 1 saturated heterocycles. The molecule has 1 heterocycles. The fraction of sp³-hybridized carbons (Fsp3) is 0.647. The Hall–Kier alpha value is -3.42. The first-order chi connectivity index (χ1) is 14.5. The van der Waals surface area contributed by atoms with Crippen molar-refractivity contribution in [2.24, 2.45) is 27.9 Å². The van der Waals surface area contributed by atoms with Gasteiger partial charge in [0.2, 0.25) is 23.6 Å². The van der Waals surface area contributed by atoms with Crippen LogP contribution in [0.1, 0.15) is 32.1 Å². The van der Waals surface area contributed by atoms with Gasteiger partial charge < -0.3 is 43.6 Å². The number of hydrogen-bond donors (Lipinski definition) is 7. The van der Waals surface area contributed by atoms with E-state index in [9.17, 15) is 24.0 Å². The number of carboxylic acids is 1. The summed E-state index contributed by atoms with van der Waals surface area (Å²) in [5.74, 6) is -4.17. The number of aliphatic carboxylic acids is 1. The maximum absolute atomic E-state index is 12.7. The first kappa shape index (κ1) is 25.6. The minimum absolute atomic E-state index is 0.0610. The molecule has 11 N–H and O–H groups in total. The zero-order valence-corrected chi connectivity index (χ0v) is 17.1. The molecule has 0 saturated carbocycles. The zero-order valence-electron chi connectivity index (χ0n) is 17.1. The quantitative estimate of drug-likeness (QED) is 0.0880. The van der Waals surface area contributed by atoms with Crippen LogP contribution in [-0.4, -0.2) is 83.3 Å². The molecule has 0 aliphatic carbocycles. The number of likely N-dealkylation sites (tertiary alicyclic amines) is 1. The van der Waals surface area contributed by atoms with Gasteiger partial charge in [0.05, 0.1) is 12.5 Å². The predicted molar refractivity (Wildman–Crippen MR) is 109 cm³/mol. The summed E-state index contributed by atoms with van der Waals surface area (Å²) in [6, 6.07) is -3.10. The fourth-order valence-corrected chi connectivity index (χ4v) is 3.12. The first-order valence-corrected chi connectivity index (χ1v) is 9.72. The van der Waals surface area contributed by atoms with Crippen molar-refractivity contribution < 1.29 is 29.1 Å². The molecule has 0 aromatic rings. The lowest BCUT2D eigenvalue weighted by Crippen LogP contribution is -2.56. The second-order valence-corrected chi connectivity index (χ2v) is 7.09. The van der Waals surface area contributed by atoms with E-state index in [0.717, 1.165) is 0 Å². The van der Waals surface area contributed by atoms with E-state index in [4.69, 9.17) is 28.0 Å². The number of amides is 4. The molecule has 14 heteroatoms. The number of primary amides is 1. The van der Waals surface area contributed by atoms with E-state index in [1.54, 1.807) is 0 Å². The van der Waals surface area contributed by atoms with Gasteiger partial charge in [-0.25, -0.2) is 0 Å². The van der Waals surface area contributed by atoms with Gasteiger partial charge in [-0.1, -0.05) is 0 Å². The van der Waals surface area contributed by atoms with E-state index in [1.807, 2.05) is 0 Å². The number of carbonyl (C=O) groups excluding carboxylic acids is 4. The third-order valence-electron chi connectivity index (χ3n) is 4.58. The summed E-state index contributed by atoms with van der Waals surface area (Å²) in [7, 11) is 0. The Balaban J connectivity index is 2.74. The third-order valence-corrected chi connectivity index (χ3v) is 4.58. The predicted octanol–water partition coefficient (Wildman–Crippen LogP) is -4.08. The van der Waals surface area contributed by atoms with E-state index in [2.05, 4.69) is 15.6 Å². The van der Waals surface area contributed by atoms with Crippen LogP contribution in [0.2, 0.25) is 0 Å². The maximum atomic E-state index is 12.7. The van der Waals surface area contributed by atoms with Gasteiger partial charge in [0.25, 0.3) is 0 Å². The minimum atomic E-state index is -1.37. The molecule has 31 heavy (non-hydrogen) atoms. The summed E-state index contributed by atoms with van der Waals surface area (Å²) >= 11 is 0. The van der Waals surface area contributed by atoms with Crippen molar-refractivity contribution in [3.8, 4) is 0 Å². The molecule has 3 atom stereocenters. The van der Waals surface area contributed by atoms with Crippen molar-refractivity contribution in [3.05, 3.63) is 0 Å². The lowest BCUT2D eigenvalue weighted by Gasteiger charge is -2.28. The number of carbonyl (C=O) groups is 5. The Kier molecular flexibility index (Phi) is 10.2. The van der Waals surface area contributed by atoms with E-state index in [1.165, 1.54) is 4.90 Å². The molecule has 0 spiro atoms. The minimum Gasteiger partial charge on any atom is -0.480 e. The van der Waals surface area contributed by atoms with Crippen LogP contribution >= 0.6 is 0 Å². The van der Waals surface area contributed by atoms with Crippen LogP contribution in [0.25, 0.3) is 0 Å². The summed E-state index contributed by atoms with van der Waals surface area (Å²) in [4.78, 5) is 64.5. The maximum Gasteiger partial charge on any atom is 0.322 e. The van der Waals surface area contributed by atoms with Crippen LogP contribution in [0.4, 0.5) is 0 Å². The average Bonchev–Trinajstić information content (AvgIpc) is 3.17. The molecular formula is C17H30N8O6. The Labute approximate surface area is 178 Å². The highest BCUT2D eigenvalue weighted by Crippen LogP contribution is 2.19. The van der Waals surface area contributed by atoms with Crippen molar-refractivity contribution in [2.45, 2.75) is 50.2 Å². The number of aliphatic imine (C=N–C) groups is 1. The normalized spacial score (nSPS) is 17.3. The van der Waals surface area contributed by atoms with Crippen LogP contribution < -0.4 is 33.6 Å². The molecule has 0 aromatic carbocycles. The average molecular weight is 442 g/mol. The molecule has 1 aliphatic rings. The standard InChI is InChI=1S/C17H30N8O6/c18-9(3-1-5-22-17(20)21)16(31)25-6-2-4-11(25)15(30)24-10(7-12(19)26)14(29)23-8-13(27)28/h9-11H,1-8,18H2,(H2,19,26)(H,23,29)(H,24,30)(H,27,28)(H4,20,21,22). The van der Waals surface area contributed by atoms with Crippen molar-refractivity contribution in [2.75, 3.05) is 19.6 Å². The number of nitrogens with one attached hydrogen (secondary N) is 2. The molecule has 14 nitrogen and oxygen atoms in total. The molecule has 0 radical (unpaired) electrons. The van der Waals surface area contributed by atoms with Gasteiger partial charge in [0.1, 0.15) is 18.6 Å². The van der Waals surface area contributed by atoms with Crippen molar-refractivity contribution in [3.63, 3.8) is 0 Å². The molecule has 0 aromatic heterocycles. The monoisotopic (exact) mass is 442 g/mol. The molecule has 0 bridgehead atoms. The Bertz CT molecular complexity index is 723. The molecule has 1 rings (SSSR count). The van der Waals surface area contributed by atoms with Crippen molar-refractivity contribution in [1.82, 2.24) is 15.5 Å². The molecule has 174 valence electrons. The third kappa shape index (κ3) is 8.86. The van der Waals surface area contributed by atoms with Crippen LogP contribution in [0.5, 0.6) is 0 Å². The van der Waals surface area contributed by atoms with E-state index < -0.39 is 60.7 Å². The van der Waals surface area contributed by atoms with Gasteiger partial charge in [0.15, 0.2) is 5.96 Å². The van der Waals surface area contributed by atoms with Gasteiger partial charge >= 0.3 is 5.97 Å². The summed E-state index contributed by atoms with van der Waals surface area (Å²) in [6.45, 7) is -0.0651. The van der Waals surface area contributed by atoms with Gasteiger partial charge in [0, 0.05) is 13.1 Å². The number of rotatable bonds is 12. The molecule has 4 amide bonds. The lowest BCUT2D eigenvalue weighted by molar-refractivity contribution is -0.141. The molecule has 1 fully saturated rings. The van der Waals surface area contributed by atoms with E-state index in [-0.39, 0.29) is 5.96 Å². The second-order valence-electron chi connectivity index (χ2n) is 7.09. The highest BCUT2D eigenvalue weighted by atomic mass is 16.4. The smallest absolute Gasteiger partial charge is 0.322 e. The Morgan fingerprint density at radius 2 is 1.84 bits per heavy atom. The molecule has 1 aliphatic heterocycles. The van der Waals surface area contributed by atoms with Gasteiger partial charge in [-0.3, -0.25) is 29.0 Å². The Morgan fingerprint density at radius 3 is 2.42 bits per heavy atom. The largest absolute Gasteiger partial charge is 0.480 e. The number of carboxylic acid groups (broad SMARTS) is 1. The van der Waals surface area contributed by atoms with E-state index in [0.29, 0.717) is 38.8 Å². The number of nitrogens with zero attached hydrogens (tertiary/aromatic N) is 2. The summed E-state index contributed by atoms with van der Waals surface area (Å²) in [5, 5.41) is 13.1. The van der Waals surface area contributed by atoms with Crippen LogP contribution in [-0.2, 0) is 24.0 Å². The van der Waals surface area contributed by atoms with Gasteiger partial charge in [-0.05, 0) is 25.7 Å². The zero-order chi connectivity index (χ0) is 23.6. The topological polar surface area (TPSA) is 249 Å². The Morgan fingerprint density at radius 1 is 1.16 bits per heavy atom. The van der Waals surface area contributed by atoms with E-state index >= 15 is 0 Å². The number of guanidine groups is 1. The number of hydrogen-bond acceptors (Lipinski definition) is 7. The fourth-order valence-electron chi connectivity index (χ4n) is 3.12. The summed E-state index contributed by atoms with van der Waals surface area (Å²) < 4.78 is 0. The first-order valence-electron chi connectivity index (χ1n) is 9.72. The second kappa shape index (κ2) is 12.3. The van der Waals surface area contributed by atoms with Crippen LogP contribution in [0, 0.1) is 0 Å². The highest BCUT2D eigenvalue weighted by Gasteiger charge is 2.37. The lowest BCUT2D eigenvalue weighted by atomic mass is 10.1. The van der Waals surface area contributed by atoms with Crippen LogP contribution in [0.15, 0.2) is 4.99 Å². The summed E-state index contributed by atoms with van der Waals surface area (Å²) in [6.07, 6.45) is 1.15. The van der Waals surface area contributed by atoms with Crippen molar-refractivity contribution in [1.29, 1.82) is 0 Å². The number of nitrogens with two attached hydrogens (primary N) is 4. The SMILES string of the molecule is NC(=O)CC(NC(=O)C1CCCN1C(=O)C(N)CCCN=C(N)N)C(=O)NCC(=O)O.